The zero-order chi connectivity index (χ0) is 50.6. The van der Waals surface area contributed by atoms with Crippen molar-refractivity contribution < 1.29 is 4.42 Å². The summed E-state index contributed by atoms with van der Waals surface area (Å²) in [6.07, 6.45) is 3.88. The standard InChI is InChI=1S/C71H45N3OSSi/c1-5-17-50(18-6-1)73-62-28-14-13-25-54(62)58-41-46(31-35-63(58)73)48-33-37-66-60(43-48)56-26-15-29-68(70(56)75-66)77(52-21-9-3-10-22-52,53-23-11-4-12-24-53)69-30-16-27-57-61-44-49(34-38-67(61)76-71(57)69)47-32-36-64-59(42-47)55-39-40-72-45-65(55)74(64)51-19-7-2-8-20-51/h1-45H. The van der Waals surface area contributed by atoms with Gasteiger partial charge in [-0.25, -0.2) is 0 Å². The molecule has 0 amide bonds. The summed E-state index contributed by atoms with van der Waals surface area (Å²) in [7, 11) is -3.17. The third-order valence-electron chi connectivity index (χ3n) is 16.2. The van der Waals surface area contributed by atoms with Crippen molar-refractivity contribution in [2.75, 3.05) is 0 Å². The lowest BCUT2D eigenvalue weighted by atomic mass is 10.0. The normalized spacial score (nSPS) is 12.2. The molecule has 16 rings (SSSR count). The molecule has 0 N–H and O–H groups in total. The second kappa shape index (κ2) is 17.2. The summed E-state index contributed by atoms with van der Waals surface area (Å²) < 4.78 is 14.6. The van der Waals surface area contributed by atoms with E-state index in [0.717, 1.165) is 44.4 Å². The molecule has 77 heavy (non-hydrogen) atoms. The van der Waals surface area contributed by atoms with Gasteiger partial charge in [0.25, 0.3) is 0 Å². The quantitative estimate of drug-likeness (QED) is 0.112. The molecule has 0 radical (unpaired) electrons. The molecule has 5 aromatic heterocycles. The van der Waals surface area contributed by atoms with Crippen molar-refractivity contribution in [2.45, 2.75) is 0 Å². The first kappa shape index (κ1) is 43.8. The predicted octanol–water partition coefficient (Wildman–Crippen LogP) is 16.3. The zero-order valence-electron chi connectivity index (χ0n) is 41.6. The van der Waals surface area contributed by atoms with Gasteiger partial charge in [-0.05, 0) is 128 Å². The fraction of sp³-hybridized carbons (Fsp3) is 0. The Bertz CT molecular complexity index is 4660. The van der Waals surface area contributed by atoms with E-state index in [1.54, 1.807) is 0 Å². The zero-order valence-corrected chi connectivity index (χ0v) is 43.5. The van der Waals surface area contributed by atoms with E-state index in [-0.39, 0.29) is 0 Å². The molecule has 0 aliphatic heterocycles. The molecule has 0 aliphatic rings. The average molecular weight is 1020 g/mol. The molecule has 6 heteroatoms. The van der Waals surface area contributed by atoms with E-state index in [1.807, 2.05) is 23.7 Å². The van der Waals surface area contributed by atoms with Crippen LogP contribution in [0, 0.1) is 0 Å². The van der Waals surface area contributed by atoms with E-state index >= 15 is 0 Å². The summed E-state index contributed by atoms with van der Waals surface area (Å²) >= 11 is 1.91. The van der Waals surface area contributed by atoms with E-state index in [1.165, 1.54) is 95.7 Å². The minimum Gasteiger partial charge on any atom is -0.456 e. The Labute approximate surface area is 448 Å². The molecule has 4 nitrogen and oxygen atoms in total. The fourth-order valence-electron chi connectivity index (χ4n) is 12.8. The Morgan fingerprint density at radius 2 is 0.844 bits per heavy atom. The van der Waals surface area contributed by atoms with Crippen molar-refractivity contribution in [3.05, 3.63) is 273 Å². The molecule has 360 valence electrons. The van der Waals surface area contributed by atoms with Crippen LogP contribution >= 0.6 is 11.3 Å². The summed E-state index contributed by atoms with van der Waals surface area (Å²) in [6, 6.07) is 96.3. The van der Waals surface area contributed by atoms with Gasteiger partial charge >= 0.3 is 0 Å². The van der Waals surface area contributed by atoms with Crippen LogP contribution in [-0.2, 0) is 0 Å². The predicted molar refractivity (Wildman–Crippen MR) is 328 cm³/mol. The maximum atomic E-state index is 7.27. The van der Waals surface area contributed by atoms with Crippen LogP contribution in [-0.4, -0.2) is 22.2 Å². The minimum atomic E-state index is -3.17. The number of hydrogen-bond donors (Lipinski definition) is 0. The smallest absolute Gasteiger partial charge is 0.185 e. The summed E-state index contributed by atoms with van der Waals surface area (Å²) in [5.41, 5.74) is 13.5. The largest absolute Gasteiger partial charge is 0.456 e. The molecule has 0 fully saturated rings. The second-order valence-electron chi connectivity index (χ2n) is 20.2. The Morgan fingerprint density at radius 1 is 0.351 bits per heavy atom. The topological polar surface area (TPSA) is 35.9 Å². The van der Waals surface area contributed by atoms with E-state index in [9.17, 15) is 0 Å². The second-order valence-corrected chi connectivity index (χ2v) is 25.0. The third-order valence-corrected chi connectivity index (χ3v) is 22.4. The number of aromatic nitrogens is 3. The first-order chi connectivity index (χ1) is 38.2. The summed E-state index contributed by atoms with van der Waals surface area (Å²) in [5.74, 6) is 0. The highest BCUT2D eigenvalue weighted by molar-refractivity contribution is 7.31. The number of hydrogen-bond acceptors (Lipinski definition) is 3. The number of furan rings is 1. The van der Waals surface area contributed by atoms with Crippen LogP contribution in [0.5, 0.6) is 0 Å². The van der Waals surface area contributed by atoms with Crippen molar-refractivity contribution >= 4 is 126 Å². The lowest BCUT2D eigenvalue weighted by Crippen LogP contribution is -2.74. The molecule has 5 heterocycles. The first-order valence-corrected chi connectivity index (χ1v) is 29.1. The van der Waals surface area contributed by atoms with E-state index in [2.05, 4.69) is 275 Å². The van der Waals surface area contributed by atoms with Crippen molar-refractivity contribution in [2.24, 2.45) is 0 Å². The van der Waals surface area contributed by atoms with Gasteiger partial charge in [-0.3, -0.25) is 4.98 Å². The van der Waals surface area contributed by atoms with Gasteiger partial charge in [-0.1, -0.05) is 176 Å². The number of para-hydroxylation sites is 4. The highest BCUT2D eigenvalue weighted by Gasteiger charge is 2.45. The van der Waals surface area contributed by atoms with E-state index < -0.39 is 8.07 Å². The van der Waals surface area contributed by atoms with Crippen LogP contribution in [0.25, 0.3) is 119 Å². The van der Waals surface area contributed by atoms with Gasteiger partial charge in [0.05, 0.1) is 28.3 Å². The highest BCUT2D eigenvalue weighted by atomic mass is 32.1. The molecule has 16 aromatic rings. The van der Waals surface area contributed by atoms with E-state index in [4.69, 9.17) is 4.42 Å². The molecule has 0 bridgehead atoms. The molecular formula is C71H45N3OSSi. The number of fused-ring (bicyclic) bond motifs is 12. The van der Waals surface area contributed by atoms with Crippen LogP contribution in [0.3, 0.4) is 0 Å². The lowest BCUT2D eigenvalue weighted by molar-refractivity contribution is 0.671. The van der Waals surface area contributed by atoms with Gasteiger partial charge in [-0.2, -0.15) is 0 Å². The van der Waals surface area contributed by atoms with Gasteiger partial charge in [-0.15, -0.1) is 11.3 Å². The maximum Gasteiger partial charge on any atom is 0.185 e. The molecule has 0 aliphatic carbocycles. The Kier molecular flexibility index (Phi) is 9.79. The number of nitrogens with zero attached hydrogens (tertiary/aromatic N) is 3. The molecule has 0 saturated heterocycles. The summed E-state index contributed by atoms with van der Waals surface area (Å²) in [5, 5.41) is 14.9. The summed E-state index contributed by atoms with van der Waals surface area (Å²) in [4.78, 5) is 4.55. The molecule has 0 spiro atoms. The van der Waals surface area contributed by atoms with Gasteiger partial charge in [0, 0.05) is 70.1 Å². The van der Waals surface area contributed by atoms with Gasteiger partial charge in [0.1, 0.15) is 11.2 Å². The Morgan fingerprint density at radius 3 is 1.51 bits per heavy atom. The number of benzene rings is 11. The number of thiophene rings is 1. The third kappa shape index (κ3) is 6.59. The average Bonchev–Trinajstić information content (AvgIpc) is 4.48. The summed E-state index contributed by atoms with van der Waals surface area (Å²) in [6.45, 7) is 0. The lowest BCUT2D eigenvalue weighted by Gasteiger charge is -2.34. The van der Waals surface area contributed by atoms with Crippen molar-refractivity contribution in [3.8, 4) is 33.6 Å². The Hall–Kier alpha value is -9.59. The molecule has 0 unspecified atom stereocenters. The fourth-order valence-corrected chi connectivity index (χ4v) is 19.4. The molecular weight excluding hydrogens is 971 g/mol. The first-order valence-electron chi connectivity index (χ1n) is 26.2. The number of pyridine rings is 1. The van der Waals surface area contributed by atoms with Crippen molar-refractivity contribution in [1.82, 2.24) is 14.1 Å². The number of rotatable bonds is 8. The molecule has 11 aromatic carbocycles. The SMILES string of the molecule is c1ccc(-n2c3ccccc3c3cc(-c4ccc5oc6c([Si](c7ccccc7)(c7ccccc7)c7cccc8c7sc7ccc(-c9ccc%10c(c9)c9ccncc9n%10-c9ccccc9)cc78)cccc6c5c4)ccc32)cc1. The maximum absolute atomic E-state index is 7.27. The molecule has 0 atom stereocenters. The van der Waals surface area contributed by atoms with Crippen LogP contribution in [0.1, 0.15) is 0 Å². The van der Waals surface area contributed by atoms with Gasteiger partial charge < -0.3 is 13.6 Å². The van der Waals surface area contributed by atoms with Crippen LogP contribution in [0.2, 0.25) is 0 Å². The van der Waals surface area contributed by atoms with Gasteiger partial charge in [0.15, 0.2) is 8.07 Å². The van der Waals surface area contributed by atoms with E-state index in [0.29, 0.717) is 0 Å². The van der Waals surface area contributed by atoms with Crippen molar-refractivity contribution in [1.29, 1.82) is 0 Å². The van der Waals surface area contributed by atoms with Crippen molar-refractivity contribution in [3.63, 3.8) is 0 Å². The van der Waals surface area contributed by atoms with Crippen LogP contribution in [0.15, 0.2) is 278 Å². The van der Waals surface area contributed by atoms with Crippen LogP contribution in [0.4, 0.5) is 0 Å². The van der Waals surface area contributed by atoms with Crippen LogP contribution < -0.4 is 20.7 Å². The molecule has 0 saturated carbocycles. The minimum absolute atomic E-state index is 0.883. The Balaban J connectivity index is 0.878. The monoisotopic (exact) mass is 1020 g/mol. The van der Waals surface area contributed by atoms with Gasteiger partial charge in [0.2, 0.25) is 0 Å². The highest BCUT2D eigenvalue weighted by Crippen LogP contribution is 2.41.